The summed E-state index contributed by atoms with van der Waals surface area (Å²) >= 11 is 0. The average Bonchev–Trinajstić information content (AvgIpc) is 2.33. The molecule has 0 bridgehead atoms. The second-order valence-electron chi connectivity index (χ2n) is 5.06. The summed E-state index contributed by atoms with van der Waals surface area (Å²) < 4.78 is 5.09. The van der Waals surface area contributed by atoms with Crippen LogP contribution in [0.15, 0.2) is 24.3 Å². The molecule has 4 nitrogen and oxygen atoms in total. The van der Waals surface area contributed by atoms with Crippen molar-refractivity contribution in [1.29, 1.82) is 0 Å². The highest BCUT2D eigenvalue weighted by Gasteiger charge is 2.14. The topological polar surface area (TPSA) is 64.3 Å². The average molecular weight is 260 g/mol. The van der Waals surface area contributed by atoms with Crippen molar-refractivity contribution in [3.05, 3.63) is 35.4 Å². The van der Waals surface area contributed by atoms with E-state index in [4.69, 9.17) is 10.5 Å². The molecule has 102 valence electrons. The molecule has 0 unspecified atom stereocenters. The van der Waals surface area contributed by atoms with Gasteiger partial charge in [-0.1, -0.05) is 24.0 Å². The zero-order chi connectivity index (χ0) is 14.3. The van der Waals surface area contributed by atoms with Gasteiger partial charge < -0.3 is 15.8 Å². The van der Waals surface area contributed by atoms with E-state index in [1.165, 1.54) is 0 Å². The minimum Gasteiger partial charge on any atom is -0.444 e. The first kappa shape index (κ1) is 15.1. The van der Waals surface area contributed by atoms with Crippen molar-refractivity contribution < 1.29 is 9.53 Å². The molecule has 0 aliphatic heterocycles. The standard InChI is InChI=1S/C15H20N2O2/c1-15(2,3)19-14(18)17-10-4-5-12-6-8-13(11-16)9-7-12/h6-9H,10-11,16H2,1-3H3,(H,17,18). The first-order chi connectivity index (χ1) is 8.90. The molecular weight excluding hydrogens is 240 g/mol. The lowest BCUT2D eigenvalue weighted by atomic mass is 10.1. The number of carbonyl (C=O) groups excluding carboxylic acids is 1. The van der Waals surface area contributed by atoms with Gasteiger partial charge in [0.1, 0.15) is 5.60 Å². The predicted octanol–water partition coefficient (Wildman–Crippen LogP) is 2.02. The predicted molar refractivity (Wildman–Crippen MR) is 75.4 cm³/mol. The summed E-state index contributed by atoms with van der Waals surface area (Å²) in [5, 5.41) is 2.58. The van der Waals surface area contributed by atoms with Crippen LogP contribution in [0.25, 0.3) is 0 Å². The Hall–Kier alpha value is -1.99. The lowest BCUT2D eigenvalue weighted by Gasteiger charge is -2.18. The quantitative estimate of drug-likeness (QED) is 0.800. The summed E-state index contributed by atoms with van der Waals surface area (Å²) in [7, 11) is 0. The monoisotopic (exact) mass is 260 g/mol. The first-order valence-electron chi connectivity index (χ1n) is 6.15. The van der Waals surface area contributed by atoms with E-state index in [9.17, 15) is 4.79 Å². The number of nitrogens with two attached hydrogens (primary N) is 1. The van der Waals surface area contributed by atoms with Crippen molar-refractivity contribution in [2.75, 3.05) is 6.54 Å². The van der Waals surface area contributed by atoms with Crippen LogP contribution in [0.1, 0.15) is 31.9 Å². The molecule has 0 heterocycles. The van der Waals surface area contributed by atoms with Crippen molar-refractivity contribution in [2.24, 2.45) is 5.73 Å². The number of hydrogen-bond donors (Lipinski definition) is 2. The Morgan fingerprint density at radius 3 is 2.47 bits per heavy atom. The molecule has 1 aromatic carbocycles. The van der Waals surface area contributed by atoms with E-state index in [0.29, 0.717) is 6.54 Å². The molecule has 0 atom stereocenters. The Morgan fingerprint density at radius 2 is 1.95 bits per heavy atom. The lowest BCUT2D eigenvalue weighted by molar-refractivity contribution is 0.0535. The fourth-order valence-electron chi connectivity index (χ4n) is 1.30. The minimum atomic E-state index is -0.491. The zero-order valence-electron chi connectivity index (χ0n) is 11.6. The number of alkyl carbamates (subject to hydrolysis) is 1. The molecule has 3 N–H and O–H groups in total. The maximum Gasteiger partial charge on any atom is 0.408 e. The van der Waals surface area contributed by atoms with Gasteiger partial charge >= 0.3 is 6.09 Å². The Bertz CT molecular complexity index is 476. The van der Waals surface area contributed by atoms with Crippen molar-refractivity contribution in [2.45, 2.75) is 32.9 Å². The molecule has 0 saturated carbocycles. The Labute approximate surface area is 114 Å². The van der Waals surface area contributed by atoms with Gasteiger partial charge in [0.05, 0.1) is 6.54 Å². The van der Waals surface area contributed by atoms with E-state index in [1.807, 2.05) is 45.0 Å². The van der Waals surface area contributed by atoms with Gasteiger partial charge in [-0.3, -0.25) is 0 Å². The summed E-state index contributed by atoms with van der Waals surface area (Å²) in [6, 6.07) is 7.68. The third kappa shape index (κ3) is 6.49. The van der Waals surface area contributed by atoms with Crippen LogP contribution in [0.2, 0.25) is 0 Å². The van der Waals surface area contributed by atoms with Gasteiger partial charge in [-0.15, -0.1) is 0 Å². The number of ether oxygens (including phenoxy) is 1. The van der Waals surface area contributed by atoms with Gasteiger partial charge in [0.15, 0.2) is 0 Å². The smallest absolute Gasteiger partial charge is 0.408 e. The molecule has 1 rings (SSSR count). The fourth-order valence-corrected chi connectivity index (χ4v) is 1.30. The van der Waals surface area contributed by atoms with Crippen LogP contribution < -0.4 is 11.1 Å². The van der Waals surface area contributed by atoms with E-state index >= 15 is 0 Å². The summed E-state index contributed by atoms with van der Waals surface area (Å²) in [6.45, 7) is 6.23. The highest BCUT2D eigenvalue weighted by atomic mass is 16.6. The molecule has 0 spiro atoms. The molecule has 0 aliphatic carbocycles. The fraction of sp³-hybridized carbons (Fsp3) is 0.400. The molecule has 4 heteroatoms. The van der Waals surface area contributed by atoms with Gasteiger partial charge in [-0.25, -0.2) is 4.79 Å². The number of nitrogens with one attached hydrogen (secondary N) is 1. The molecule has 1 aromatic rings. The van der Waals surface area contributed by atoms with Crippen molar-refractivity contribution in [3.63, 3.8) is 0 Å². The number of carbonyl (C=O) groups is 1. The molecule has 0 aliphatic rings. The van der Waals surface area contributed by atoms with Crippen LogP contribution in [0.5, 0.6) is 0 Å². The normalized spacial score (nSPS) is 10.3. The van der Waals surface area contributed by atoms with Crippen LogP contribution in [-0.2, 0) is 11.3 Å². The maximum absolute atomic E-state index is 11.3. The van der Waals surface area contributed by atoms with Crippen molar-refractivity contribution >= 4 is 6.09 Å². The first-order valence-corrected chi connectivity index (χ1v) is 6.15. The van der Waals surface area contributed by atoms with Gasteiger partial charge in [0.25, 0.3) is 0 Å². The van der Waals surface area contributed by atoms with Gasteiger partial charge in [-0.05, 0) is 38.5 Å². The van der Waals surface area contributed by atoms with Crippen LogP contribution >= 0.6 is 0 Å². The number of benzene rings is 1. The lowest BCUT2D eigenvalue weighted by Crippen LogP contribution is -2.32. The highest BCUT2D eigenvalue weighted by Crippen LogP contribution is 2.06. The Balaban J connectivity index is 2.40. The molecule has 0 aromatic heterocycles. The molecular formula is C15H20N2O2. The molecule has 0 fully saturated rings. The van der Waals surface area contributed by atoms with Gasteiger partial charge in [0.2, 0.25) is 0 Å². The molecule has 1 amide bonds. The summed E-state index contributed by atoms with van der Waals surface area (Å²) in [4.78, 5) is 11.3. The maximum atomic E-state index is 11.3. The van der Waals surface area contributed by atoms with Crippen molar-refractivity contribution in [3.8, 4) is 11.8 Å². The van der Waals surface area contributed by atoms with E-state index in [-0.39, 0.29) is 6.54 Å². The van der Waals surface area contributed by atoms with Gasteiger partial charge in [0, 0.05) is 12.1 Å². The van der Waals surface area contributed by atoms with E-state index in [1.54, 1.807) is 0 Å². The molecule has 0 radical (unpaired) electrons. The Kier molecular flexibility index (Phi) is 5.40. The second-order valence-corrected chi connectivity index (χ2v) is 5.06. The highest BCUT2D eigenvalue weighted by molar-refractivity contribution is 5.68. The molecule has 19 heavy (non-hydrogen) atoms. The van der Waals surface area contributed by atoms with Crippen LogP contribution in [0.3, 0.4) is 0 Å². The zero-order valence-corrected chi connectivity index (χ0v) is 11.6. The number of hydrogen-bond acceptors (Lipinski definition) is 3. The third-order valence-electron chi connectivity index (χ3n) is 2.14. The summed E-state index contributed by atoms with van der Waals surface area (Å²) in [5.74, 6) is 5.82. The SMILES string of the molecule is CC(C)(C)OC(=O)NCC#Cc1ccc(CN)cc1. The number of amides is 1. The number of rotatable bonds is 2. The van der Waals surface area contributed by atoms with E-state index in [2.05, 4.69) is 17.2 Å². The van der Waals surface area contributed by atoms with Gasteiger partial charge in [-0.2, -0.15) is 0 Å². The van der Waals surface area contributed by atoms with Crippen LogP contribution in [0.4, 0.5) is 4.79 Å². The molecule has 0 saturated heterocycles. The van der Waals surface area contributed by atoms with Crippen LogP contribution in [-0.4, -0.2) is 18.2 Å². The van der Waals surface area contributed by atoms with E-state index in [0.717, 1.165) is 11.1 Å². The third-order valence-corrected chi connectivity index (χ3v) is 2.14. The summed E-state index contributed by atoms with van der Waals surface area (Å²) in [6.07, 6.45) is -0.458. The second kappa shape index (κ2) is 6.81. The largest absolute Gasteiger partial charge is 0.444 e. The van der Waals surface area contributed by atoms with Crippen molar-refractivity contribution in [1.82, 2.24) is 5.32 Å². The minimum absolute atomic E-state index is 0.257. The Morgan fingerprint density at radius 1 is 1.32 bits per heavy atom. The van der Waals surface area contributed by atoms with E-state index < -0.39 is 11.7 Å². The van der Waals surface area contributed by atoms with Crippen LogP contribution in [0, 0.1) is 11.8 Å². The summed E-state index contributed by atoms with van der Waals surface area (Å²) in [5.41, 5.74) is 6.98.